The molecular formula is C11H13N5O. The van der Waals surface area contributed by atoms with Gasteiger partial charge in [-0.05, 0) is 34.7 Å². The maximum Gasteiger partial charge on any atom is 0.226 e. The van der Waals surface area contributed by atoms with E-state index in [1.54, 1.807) is 4.68 Å². The first-order valence-electron chi connectivity index (χ1n) is 5.31. The first-order chi connectivity index (χ1) is 8.16. The minimum Gasteiger partial charge on any atom is -0.326 e. The van der Waals surface area contributed by atoms with Gasteiger partial charge in [0, 0.05) is 11.6 Å². The van der Waals surface area contributed by atoms with E-state index in [2.05, 4.69) is 20.8 Å². The number of hydrogen-bond acceptors (Lipinski definition) is 4. The summed E-state index contributed by atoms with van der Waals surface area (Å²) in [5.74, 6) is -0.0330. The fourth-order valence-corrected chi connectivity index (χ4v) is 1.26. The summed E-state index contributed by atoms with van der Waals surface area (Å²) in [4.78, 5) is 11.5. The van der Waals surface area contributed by atoms with Crippen molar-refractivity contribution in [3.05, 3.63) is 30.6 Å². The summed E-state index contributed by atoms with van der Waals surface area (Å²) in [6, 6.07) is 7.31. The number of nitrogens with zero attached hydrogens (tertiary/aromatic N) is 4. The Morgan fingerprint density at radius 1 is 1.29 bits per heavy atom. The molecule has 0 unspecified atom stereocenters. The van der Waals surface area contributed by atoms with Crippen LogP contribution in [0.2, 0.25) is 0 Å². The van der Waals surface area contributed by atoms with E-state index in [-0.39, 0.29) is 11.8 Å². The second-order valence-electron chi connectivity index (χ2n) is 3.95. The first kappa shape index (κ1) is 11.3. The second-order valence-corrected chi connectivity index (χ2v) is 3.95. The van der Waals surface area contributed by atoms with Gasteiger partial charge in [0.2, 0.25) is 5.91 Å². The summed E-state index contributed by atoms with van der Waals surface area (Å²) < 4.78 is 1.55. The molecule has 2 aromatic rings. The van der Waals surface area contributed by atoms with Gasteiger partial charge in [0.1, 0.15) is 6.33 Å². The predicted molar refractivity (Wildman–Crippen MR) is 62.6 cm³/mol. The summed E-state index contributed by atoms with van der Waals surface area (Å²) in [6.45, 7) is 3.70. The second kappa shape index (κ2) is 4.73. The Labute approximate surface area is 98.6 Å². The summed E-state index contributed by atoms with van der Waals surface area (Å²) in [5.41, 5.74) is 1.61. The standard InChI is InChI=1S/C11H13N5O/c1-8(2)11(17)13-9-3-5-10(6-4-9)16-7-12-14-15-16/h3-8H,1-2H3,(H,13,17). The zero-order chi connectivity index (χ0) is 12.3. The van der Waals surface area contributed by atoms with Crippen molar-refractivity contribution in [2.75, 3.05) is 5.32 Å². The monoisotopic (exact) mass is 231 g/mol. The maximum atomic E-state index is 11.5. The van der Waals surface area contributed by atoms with Gasteiger partial charge in [0.25, 0.3) is 0 Å². The van der Waals surface area contributed by atoms with Crippen molar-refractivity contribution in [2.24, 2.45) is 5.92 Å². The van der Waals surface area contributed by atoms with E-state index in [1.807, 2.05) is 38.1 Å². The van der Waals surface area contributed by atoms with Crippen molar-refractivity contribution >= 4 is 11.6 Å². The van der Waals surface area contributed by atoms with Gasteiger partial charge in [-0.2, -0.15) is 0 Å². The Kier molecular flexibility index (Phi) is 3.13. The van der Waals surface area contributed by atoms with E-state index in [0.717, 1.165) is 11.4 Å². The van der Waals surface area contributed by atoms with Crippen LogP contribution in [0.5, 0.6) is 0 Å². The van der Waals surface area contributed by atoms with Crippen LogP contribution < -0.4 is 5.32 Å². The van der Waals surface area contributed by atoms with E-state index in [0.29, 0.717) is 0 Å². The highest BCUT2D eigenvalue weighted by Gasteiger charge is 2.06. The van der Waals surface area contributed by atoms with E-state index in [4.69, 9.17) is 0 Å². The topological polar surface area (TPSA) is 72.7 Å². The molecule has 88 valence electrons. The highest BCUT2D eigenvalue weighted by molar-refractivity contribution is 5.92. The predicted octanol–water partition coefficient (Wildman–Crippen LogP) is 1.26. The minimum atomic E-state index is -0.0332. The fourth-order valence-electron chi connectivity index (χ4n) is 1.26. The van der Waals surface area contributed by atoms with Gasteiger partial charge in [-0.3, -0.25) is 4.79 Å². The number of benzene rings is 1. The third kappa shape index (κ3) is 2.66. The van der Waals surface area contributed by atoms with Gasteiger partial charge in [0.05, 0.1) is 5.69 Å². The van der Waals surface area contributed by atoms with E-state index < -0.39 is 0 Å². The SMILES string of the molecule is CC(C)C(=O)Nc1ccc(-n2cnnn2)cc1. The molecule has 0 spiro atoms. The van der Waals surface area contributed by atoms with Gasteiger partial charge in [-0.1, -0.05) is 13.8 Å². The molecular weight excluding hydrogens is 218 g/mol. The first-order valence-corrected chi connectivity index (χ1v) is 5.31. The van der Waals surface area contributed by atoms with Crippen molar-refractivity contribution in [2.45, 2.75) is 13.8 Å². The molecule has 0 atom stereocenters. The van der Waals surface area contributed by atoms with Crippen LogP contribution in [0.15, 0.2) is 30.6 Å². The number of hydrogen-bond donors (Lipinski definition) is 1. The van der Waals surface area contributed by atoms with E-state index in [1.165, 1.54) is 6.33 Å². The van der Waals surface area contributed by atoms with Crippen LogP contribution in [0.1, 0.15) is 13.8 Å². The summed E-state index contributed by atoms with van der Waals surface area (Å²) in [5, 5.41) is 13.7. The zero-order valence-electron chi connectivity index (χ0n) is 9.66. The molecule has 1 amide bonds. The molecule has 6 nitrogen and oxygen atoms in total. The number of rotatable bonds is 3. The van der Waals surface area contributed by atoms with Crippen molar-refractivity contribution in [1.82, 2.24) is 20.2 Å². The molecule has 1 heterocycles. The molecule has 17 heavy (non-hydrogen) atoms. The average molecular weight is 231 g/mol. The summed E-state index contributed by atoms with van der Waals surface area (Å²) in [7, 11) is 0. The number of anilines is 1. The average Bonchev–Trinajstić information content (AvgIpc) is 2.83. The Hall–Kier alpha value is -2.24. The number of nitrogens with one attached hydrogen (secondary N) is 1. The van der Waals surface area contributed by atoms with Crippen LogP contribution in [0.3, 0.4) is 0 Å². The van der Waals surface area contributed by atoms with Crippen LogP contribution in [-0.4, -0.2) is 26.1 Å². The van der Waals surface area contributed by atoms with Gasteiger partial charge < -0.3 is 5.32 Å². The molecule has 0 saturated carbocycles. The van der Waals surface area contributed by atoms with Crippen LogP contribution in [0.25, 0.3) is 5.69 Å². The van der Waals surface area contributed by atoms with Crippen molar-refractivity contribution in [3.63, 3.8) is 0 Å². The Morgan fingerprint density at radius 3 is 2.53 bits per heavy atom. The molecule has 0 bridgehead atoms. The lowest BCUT2D eigenvalue weighted by atomic mass is 10.2. The number of aromatic nitrogens is 4. The molecule has 0 aliphatic carbocycles. The smallest absolute Gasteiger partial charge is 0.226 e. The lowest BCUT2D eigenvalue weighted by Gasteiger charge is -2.08. The largest absolute Gasteiger partial charge is 0.326 e. The van der Waals surface area contributed by atoms with Crippen molar-refractivity contribution in [1.29, 1.82) is 0 Å². The van der Waals surface area contributed by atoms with Gasteiger partial charge >= 0.3 is 0 Å². The van der Waals surface area contributed by atoms with Gasteiger partial charge in [-0.25, -0.2) is 4.68 Å². The Bertz CT molecular complexity index is 489. The van der Waals surface area contributed by atoms with Crippen molar-refractivity contribution < 1.29 is 4.79 Å². The number of carbonyl (C=O) groups excluding carboxylic acids is 1. The Balaban J connectivity index is 2.11. The highest BCUT2D eigenvalue weighted by atomic mass is 16.1. The molecule has 0 aliphatic heterocycles. The molecule has 6 heteroatoms. The minimum absolute atomic E-state index is 0.000160. The van der Waals surface area contributed by atoms with E-state index in [9.17, 15) is 4.79 Å². The number of carbonyl (C=O) groups is 1. The summed E-state index contributed by atoms with van der Waals surface area (Å²) >= 11 is 0. The molecule has 0 radical (unpaired) electrons. The number of amides is 1. The quantitative estimate of drug-likeness (QED) is 0.863. The number of tetrazole rings is 1. The van der Waals surface area contributed by atoms with E-state index >= 15 is 0 Å². The van der Waals surface area contributed by atoms with Crippen LogP contribution >= 0.6 is 0 Å². The molecule has 0 saturated heterocycles. The fraction of sp³-hybridized carbons (Fsp3) is 0.273. The molecule has 0 aliphatic rings. The van der Waals surface area contributed by atoms with Crippen LogP contribution in [-0.2, 0) is 4.79 Å². The third-order valence-corrected chi connectivity index (χ3v) is 2.27. The van der Waals surface area contributed by atoms with Gasteiger partial charge in [-0.15, -0.1) is 5.10 Å². The molecule has 2 rings (SSSR count). The Morgan fingerprint density at radius 2 is 2.00 bits per heavy atom. The van der Waals surface area contributed by atoms with Crippen LogP contribution in [0, 0.1) is 5.92 Å². The summed E-state index contributed by atoms with van der Waals surface area (Å²) in [6.07, 6.45) is 1.52. The van der Waals surface area contributed by atoms with Gasteiger partial charge in [0.15, 0.2) is 0 Å². The van der Waals surface area contributed by atoms with Crippen molar-refractivity contribution in [3.8, 4) is 5.69 Å². The third-order valence-electron chi connectivity index (χ3n) is 2.27. The van der Waals surface area contributed by atoms with Crippen LogP contribution in [0.4, 0.5) is 5.69 Å². The maximum absolute atomic E-state index is 11.5. The highest BCUT2D eigenvalue weighted by Crippen LogP contribution is 2.12. The zero-order valence-corrected chi connectivity index (χ0v) is 9.66. The molecule has 1 N–H and O–H groups in total. The lowest BCUT2D eigenvalue weighted by molar-refractivity contribution is -0.118. The molecule has 1 aromatic carbocycles. The molecule has 1 aromatic heterocycles. The normalized spacial score (nSPS) is 10.5. The lowest BCUT2D eigenvalue weighted by Crippen LogP contribution is -2.17. The molecule has 0 fully saturated rings.